The number of aromatic nitrogens is 5. The minimum Gasteiger partial charge on any atom is -0.340 e. The zero-order valence-corrected chi connectivity index (χ0v) is 18.6. The van der Waals surface area contributed by atoms with E-state index in [0.29, 0.717) is 23.4 Å². The molecule has 0 N–H and O–H groups in total. The molecule has 4 rings (SSSR count). The van der Waals surface area contributed by atoms with E-state index in [1.54, 1.807) is 40.8 Å². The van der Waals surface area contributed by atoms with Crippen LogP contribution in [0.5, 0.6) is 0 Å². The SMILES string of the molecule is Cn1c(N2CCN(CCn3nc(C(C)(C)C)ccc3=O)CC2)nc2cnccc2c1=O. The highest BCUT2D eigenvalue weighted by Crippen LogP contribution is 2.18. The highest BCUT2D eigenvalue weighted by molar-refractivity contribution is 5.77. The molecule has 1 saturated heterocycles. The predicted octanol–water partition coefficient (Wildman–Crippen LogP) is 1.00. The summed E-state index contributed by atoms with van der Waals surface area (Å²) in [5.41, 5.74) is 1.30. The molecule has 3 aromatic heterocycles. The van der Waals surface area contributed by atoms with Crippen LogP contribution < -0.4 is 16.0 Å². The van der Waals surface area contributed by atoms with E-state index in [1.807, 2.05) is 6.07 Å². The maximum absolute atomic E-state index is 12.7. The molecule has 0 saturated carbocycles. The maximum atomic E-state index is 12.7. The molecule has 0 radical (unpaired) electrons. The molecule has 0 aromatic carbocycles. The van der Waals surface area contributed by atoms with Gasteiger partial charge in [-0.2, -0.15) is 5.10 Å². The fourth-order valence-electron chi connectivity index (χ4n) is 3.81. The normalized spacial score (nSPS) is 15.5. The van der Waals surface area contributed by atoms with Crippen LogP contribution in [0.3, 0.4) is 0 Å². The molecule has 1 aliphatic rings. The lowest BCUT2D eigenvalue weighted by Crippen LogP contribution is -2.49. The smallest absolute Gasteiger partial charge is 0.266 e. The summed E-state index contributed by atoms with van der Waals surface area (Å²) in [6.45, 7) is 10.8. The van der Waals surface area contributed by atoms with Crippen LogP contribution in [0.25, 0.3) is 10.9 Å². The van der Waals surface area contributed by atoms with E-state index in [2.05, 4.69) is 45.6 Å². The minimum absolute atomic E-state index is 0.0611. The van der Waals surface area contributed by atoms with Crippen molar-refractivity contribution in [2.45, 2.75) is 32.7 Å². The summed E-state index contributed by atoms with van der Waals surface area (Å²) in [6.07, 6.45) is 3.24. The van der Waals surface area contributed by atoms with Crippen molar-refractivity contribution >= 4 is 16.9 Å². The molecule has 0 spiro atoms. The Morgan fingerprint density at radius 2 is 1.74 bits per heavy atom. The molecule has 0 amide bonds. The summed E-state index contributed by atoms with van der Waals surface area (Å²) in [5.74, 6) is 0.668. The van der Waals surface area contributed by atoms with Crippen molar-refractivity contribution in [3.05, 3.63) is 57.0 Å². The third kappa shape index (κ3) is 4.36. The summed E-state index contributed by atoms with van der Waals surface area (Å²) in [5, 5.41) is 5.13. The maximum Gasteiger partial charge on any atom is 0.266 e. The quantitative estimate of drug-likeness (QED) is 0.619. The molecular weight excluding hydrogens is 394 g/mol. The van der Waals surface area contributed by atoms with Gasteiger partial charge in [-0.05, 0) is 12.1 Å². The fraction of sp³-hybridized carbons (Fsp3) is 0.500. The predicted molar refractivity (Wildman–Crippen MR) is 121 cm³/mol. The number of piperazine rings is 1. The second-order valence-electron chi connectivity index (χ2n) is 9.03. The molecule has 31 heavy (non-hydrogen) atoms. The van der Waals surface area contributed by atoms with Gasteiger partial charge in [0.15, 0.2) is 0 Å². The number of rotatable bonds is 4. The van der Waals surface area contributed by atoms with Gasteiger partial charge in [0.2, 0.25) is 5.95 Å². The van der Waals surface area contributed by atoms with Crippen molar-refractivity contribution < 1.29 is 0 Å². The van der Waals surface area contributed by atoms with Crippen LogP contribution >= 0.6 is 0 Å². The van der Waals surface area contributed by atoms with E-state index in [9.17, 15) is 9.59 Å². The van der Waals surface area contributed by atoms with E-state index < -0.39 is 0 Å². The lowest BCUT2D eigenvalue weighted by molar-refractivity contribution is 0.240. The molecule has 0 unspecified atom stereocenters. The topological polar surface area (TPSA) is 89.2 Å². The standard InChI is InChI=1S/C22H29N7O2/c1-22(2,3)18-5-6-19(30)29(25-18)14-11-27-9-12-28(13-10-27)21-24-17-15-23-8-7-16(17)20(31)26(21)4/h5-8,15H,9-14H2,1-4H3. The second-order valence-corrected chi connectivity index (χ2v) is 9.03. The van der Waals surface area contributed by atoms with Gasteiger partial charge in [0.1, 0.15) is 0 Å². The number of nitrogens with zero attached hydrogens (tertiary/aromatic N) is 7. The Kier molecular flexibility index (Phi) is 5.62. The Morgan fingerprint density at radius 1 is 1.00 bits per heavy atom. The first-order chi connectivity index (χ1) is 14.7. The summed E-state index contributed by atoms with van der Waals surface area (Å²) < 4.78 is 3.17. The Bertz CT molecular complexity index is 1200. The third-order valence-electron chi connectivity index (χ3n) is 5.77. The van der Waals surface area contributed by atoms with E-state index in [0.717, 1.165) is 38.4 Å². The van der Waals surface area contributed by atoms with Gasteiger partial charge in [-0.3, -0.25) is 24.0 Å². The molecule has 9 heteroatoms. The number of pyridine rings is 1. The average Bonchev–Trinajstić information content (AvgIpc) is 2.75. The van der Waals surface area contributed by atoms with Crippen LogP contribution in [0.15, 0.2) is 40.2 Å². The van der Waals surface area contributed by atoms with Gasteiger partial charge in [0.25, 0.3) is 11.1 Å². The highest BCUT2D eigenvalue weighted by Gasteiger charge is 2.22. The Morgan fingerprint density at radius 3 is 2.45 bits per heavy atom. The van der Waals surface area contributed by atoms with Gasteiger partial charge in [-0.15, -0.1) is 0 Å². The molecule has 1 aliphatic heterocycles. The van der Waals surface area contributed by atoms with Crippen LogP contribution in [0.1, 0.15) is 26.5 Å². The largest absolute Gasteiger partial charge is 0.340 e. The van der Waals surface area contributed by atoms with Crippen LogP contribution in [-0.4, -0.2) is 61.9 Å². The minimum atomic E-state index is -0.0978. The average molecular weight is 424 g/mol. The lowest BCUT2D eigenvalue weighted by Gasteiger charge is -2.35. The fourth-order valence-corrected chi connectivity index (χ4v) is 3.81. The third-order valence-corrected chi connectivity index (χ3v) is 5.77. The highest BCUT2D eigenvalue weighted by atomic mass is 16.1. The van der Waals surface area contributed by atoms with Crippen molar-refractivity contribution in [3.8, 4) is 0 Å². The summed E-state index contributed by atoms with van der Waals surface area (Å²) >= 11 is 0. The Balaban J connectivity index is 1.42. The molecule has 3 aromatic rings. The number of anilines is 1. The number of hydrogen-bond acceptors (Lipinski definition) is 7. The Labute approximate surface area is 181 Å². The number of hydrogen-bond donors (Lipinski definition) is 0. The molecule has 164 valence electrons. The first-order valence-corrected chi connectivity index (χ1v) is 10.6. The van der Waals surface area contributed by atoms with Crippen molar-refractivity contribution in [1.29, 1.82) is 0 Å². The van der Waals surface area contributed by atoms with Crippen molar-refractivity contribution in [2.75, 3.05) is 37.6 Å². The molecule has 0 aliphatic carbocycles. The first kappa shape index (κ1) is 21.2. The molecular formula is C22H29N7O2. The summed E-state index contributed by atoms with van der Waals surface area (Å²) in [7, 11) is 1.76. The van der Waals surface area contributed by atoms with Crippen molar-refractivity contribution in [2.24, 2.45) is 7.05 Å². The van der Waals surface area contributed by atoms with Gasteiger partial charge >= 0.3 is 0 Å². The van der Waals surface area contributed by atoms with Crippen LogP contribution in [-0.2, 0) is 19.0 Å². The van der Waals surface area contributed by atoms with E-state index >= 15 is 0 Å². The molecule has 0 bridgehead atoms. The van der Waals surface area contributed by atoms with Gasteiger partial charge in [0.05, 0.1) is 29.3 Å². The molecule has 9 nitrogen and oxygen atoms in total. The Hall–Kier alpha value is -3.07. The van der Waals surface area contributed by atoms with Gasteiger partial charge in [-0.25, -0.2) is 9.67 Å². The monoisotopic (exact) mass is 423 g/mol. The summed E-state index contributed by atoms with van der Waals surface area (Å²) in [6, 6.07) is 5.12. The van der Waals surface area contributed by atoms with Crippen LogP contribution in [0.4, 0.5) is 5.95 Å². The van der Waals surface area contributed by atoms with Crippen LogP contribution in [0.2, 0.25) is 0 Å². The first-order valence-electron chi connectivity index (χ1n) is 10.6. The zero-order chi connectivity index (χ0) is 22.2. The zero-order valence-electron chi connectivity index (χ0n) is 18.6. The van der Waals surface area contributed by atoms with E-state index in [1.165, 1.54) is 0 Å². The molecule has 0 atom stereocenters. The molecule has 4 heterocycles. The van der Waals surface area contributed by atoms with Gasteiger partial charge in [-0.1, -0.05) is 20.8 Å². The van der Waals surface area contributed by atoms with Crippen LogP contribution in [0, 0.1) is 0 Å². The number of fused-ring (bicyclic) bond motifs is 1. The van der Waals surface area contributed by atoms with E-state index in [-0.39, 0.29) is 16.5 Å². The lowest BCUT2D eigenvalue weighted by atomic mass is 9.92. The van der Waals surface area contributed by atoms with Gasteiger partial charge in [0, 0.05) is 57.4 Å². The molecule has 1 fully saturated rings. The van der Waals surface area contributed by atoms with E-state index in [4.69, 9.17) is 0 Å². The second kappa shape index (κ2) is 8.22. The van der Waals surface area contributed by atoms with Crippen molar-refractivity contribution in [3.63, 3.8) is 0 Å². The summed E-state index contributed by atoms with van der Waals surface area (Å²) in [4.78, 5) is 38.1. The van der Waals surface area contributed by atoms with Crippen molar-refractivity contribution in [1.82, 2.24) is 29.2 Å². The van der Waals surface area contributed by atoms with Gasteiger partial charge < -0.3 is 4.90 Å².